The third-order valence-corrected chi connectivity index (χ3v) is 4.70. The molecule has 2 N–H and O–H groups in total. The summed E-state index contributed by atoms with van der Waals surface area (Å²) >= 11 is 0. The molecular weight excluding hydrogens is 397 g/mol. The molecular formula is C20H23Cl2N5O. The molecule has 2 heterocycles. The lowest BCUT2D eigenvalue weighted by Gasteiger charge is -2.20. The van der Waals surface area contributed by atoms with E-state index in [1.54, 1.807) is 11.0 Å². The van der Waals surface area contributed by atoms with E-state index in [0.29, 0.717) is 13.1 Å². The smallest absolute Gasteiger partial charge is 0.251 e. The third kappa shape index (κ3) is 4.82. The molecule has 1 aromatic heterocycles. The number of amides is 1. The van der Waals surface area contributed by atoms with E-state index in [9.17, 15) is 4.79 Å². The summed E-state index contributed by atoms with van der Waals surface area (Å²) < 4.78 is 1.78. The normalized spacial score (nSPS) is 12.0. The molecule has 28 heavy (non-hydrogen) atoms. The van der Waals surface area contributed by atoms with Crippen LogP contribution in [0, 0.1) is 0 Å². The van der Waals surface area contributed by atoms with E-state index in [4.69, 9.17) is 0 Å². The largest absolute Gasteiger partial charge is 0.385 e. The molecule has 0 unspecified atom stereocenters. The van der Waals surface area contributed by atoms with Crippen LogP contribution in [0.4, 0.5) is 5.69 Å². The molecule has 0 atom stereocenters. The van der Waals surface area contributed by atoms with Crippen molar-refractivity contribution in [1.29, 1.82) is 0 Å². The van der Waals surface area contributed by atoms with E-state index in [0.717, 1.165) is 47.3 Å². The van der Waals surface area contributed by atoms with Crippen molar-refractivity contribution in [3.05, 3.63) is 77.4 Å². The monoisotopic (exact) mass is 419 g/mol. The van der Waals surface area contributed by atoms with Crippen LogP contribution in [0.2, 0.25) is 0 Å². The number of anilines is 1. The zero-order chi connectivity index (χ0) is 17.8. The van der Waals surface area contributed by atoms with E-state index in [1.807, 2.05) is 36.4 Å². The van der Waals surface area contributed by atoms with Crippen molar-refractivity contribution < 1.29 is 4.79 Å². The van der Waals surface area contributed by atoms with Crippen molar-refractivity contribution in [3.8, 4) is 0 Å². The van der Waals surface area contributed by atoms with Crippen molar-refractivity contribution in [2.75, 3.05) is 11.9 Å². The van der Waals surface area contributed by atoms with Crippen LogP contribution in [0.25, 0.3) is 0 Å². The maximum Gasteiger partial charge on any atom is 0.251 e. The molecule has 4 rings (SSSR count). The van der Waals surface area contributed by atoms with Gasteiger partial charge in [0.05, 0.1) is 6.54 Å². The van der Waals surface area contributed by atoms with E-state index in [2.05, 4.69) is 26.8 Å². The number of carbonyl (C=O) groups is 1. The molecule has 3 aromatic rings. The van der Waals surface area contributed by atoms with Crippen LogP contribution in [0.15, 0.2) is 55.1 Å². The number of halogens is 2. The second-order valence-electron chi connectivity index (χ2n) is 6.41. The second kappa shape index (κ2) is 10.1. The third-order valence-electron chi connectivity index (χ3n) is 4.70. The SMILES string of the molecule is Cl.Cl.O=C(NCc1ccccc1Cn1cncn1)c1cccc2c1CCCN2. The summed E-state index contributed by atoms with van der Waals surface area (Å²) in [6, 6.07) is 14.0. The Kier molecular flexibility index (Phi) is 7.84. The van der Waals surface area contributed by atoms with E-state index in [-0.39, 0.29) is 30.7 Å². The minimum atomic E-state index is -0.0268. The van der Waals surface area contributed by atoms with E-state index < -0.39 is 0 Å². The van der Waals surface area contributed by atoms with Crippen molar-refractivity contribution in [1.82, 2.24) is 20.1 Å². The topological polar surface area (TPSA) is 71.8 Å². The van der Waals surface area contributed by atoms with Gasteiger partial charge in [0.2, 0.25) is 0 Å². The van der Waals surface area contributed by atoms with Gasteiger partial charge < -0.3 is 10.6 Å². The molecule has 1 aliphatic rings. The summed E-state index contributed by atoms with van der Waals surface area (Å²) in [4.78, 5) is 16.7. The number of hydrogen-bond acceptors (Lipinski definition) is 4. The molecule has 2 aromatic carbocycles. The van der Waals surface area contributed by atoms with E-state index in [1.165, 1.54) is 6.33 Å². The Labute approximate surface area is 176 Å². The number of benzene rings is 2. The first-order chi connectivity index (χ1) is 12.8. The summed E-state index contributed by atoms with van der Waals surface area (Å²) in [5, 5.41) is 10.6. The van der Waals surface area contributed by atoms with Gasteiger partial charge in [0.15, 0.2) is 0 Å². The minimum absolute atomic E-state index is 0. The predicted molar refractivity (Wildman–Crippen MR) is 114 cm³/mol. The van der Waals surface area contributed by atoms with Crippen molar-refractivity contribution in [2.24, 2.45) is 0 Å². The Bertz CT molecular complexity index is 915. The molecule has 1 aliphatic heterocycles. The Morgan fingerprint density at radius 3 is 2.71 bits per heavy atom. The Morgan fingerprint density at radius 2 is 1.93 bits per heavy atom. The summed E-state index contributed by atoms with van der Waals surface area (Å²) in [5.74, 6) is -0.0268. The van der Waals surface area contributed by atoms with Crippen molar-refractivity contribution in [2.45, 2.75) is 25.9 Å². The summed E-state index contributed by atoms with van der Waals surface area (Å²) in [7, 11) is 0. The molecule has 0 saturated heterocycles. The number of rotatable bonds is 5. The van der Waals surface area contributed by atoms with Gasteiger partial charge >= 0.3 is 0 Å². The highest BCUT2D eigenvalue weighted by Crippen LogP contribution is 2.25. The lowest BCUT2D eigenvalue weighted by atomic mass is 9.97. The number of hydrogen-bond donors (Lipinski definition) is 2. The molecule has 0 saturated carbocycles. The maximum absolute atomic E-state index is 12.8. The first-order valence-corrected chi connectivity index (χ1v) is 8.84. The second-order valence-corrected chi connectivity index (χ2v) is 6.41. The first-order valence-electron chi connectivity index (χ1n) is 8.84. The van der Waals surface area contributed by atoms with Crippen molar-refractivity contribution >= 4 is 36.4 Å². The molecule has 0 spiro atoms. The van der Waals surface area contributed by atoms with Gasteiger partial charge in [-0.3, -0.25) is 4.79 Å². The molecule has 0 radical (unpaired) electrons. The fourth-order valence-electron chi connectivity index (χ4n) is 3.37. The number of carbonyl (C=O) groups excluding carboxylic acids is 1. The zero-order valence-electron chi connectivity index (χ0n) is 15.3. The van der Waals surface area contributed by atoms with Crippen LogP contribution >= 0.6 is 24.8 Å². The van der Waals surface area contributed by atoms with Crippen LogP contribution < -0.4 is 10.6 Å². The molecule has 6 nitrogen and oxygen atoms in total. The van der Waals surface area contributed by atoms with Gasteiger partial charge in [-0.05, 0) is 41.7 Å². The maximum atomic E-state index is 12.8. The van der Waals surface area contributed by atoms with Crippen LogP contribution in [0.5, 0.6) is 0 Å². The molecule has 0 bridgehead atoms. The fourth-order valence-corrected chi connectivity index (χ4v) is 3.37. The van der Waals surface area contributed by atoms with Gasteiger partial charge in [0, 0.05) is 24.3 Å². The highest BCUT2D eigenvalue weighted by Gasteiger charge is 2.17. The standard InChI is InChI=1S/C20H21N5O.2ClH/c26-20(18-7-3-9-19-17(18)8-4-10-22-19)23-11-15-5-1-2-6-16(15)12-25-14-21-13-24-25;;/h1-3,5-7,9,13-14,22H,4,8,10-12H2,(H,23,26);2*1H. The van der Waals surface area contributed by atoms with Gasteiger partial charge in [-0.1, -0.05) is 30.3 Å². The number of aromatic nitrogens is 3. The van der Waals surface area contributed by atoms with Gasteiger partial charge in [-0.15, -0.1) is 24.8 Å². The summed E-state index contributed by atoms with van der Waals surface area (Å²) in [6.07, 6.45) is 5.21. The fraction of sp³-hybridized carbons (Fsp3) is 0.250. The first kappa shape index (κ1) is 21.7. The average molecular weight is 420 g/mol. The highest BCUT2D eigenvalue weighted by molar-refractivity contribution is 5.97. The average Bonchev–Trinajstić information content (AvgIpc) is 3.20. The molecule has 1 amide bonds. The minimum Gasteiger partial charge on any atom is -0.385 e. The van der Waals surface area contributed by atoms with Crippen LogP contribution in [0.3, 0.4) is 0 Å². The lowest BCUT2D eigenvalue weighted by molar-refractivity contribution is 0.0950. The number of nitrogens with one attached hydrogen (secondary N) is 2. The molecule has 0 fully saturated rings. The van der Waals surface area contributed by atoms with Crippen LogP contribution in [-0.4, -0.2) is 27.2 Å². The van der Waals surface area contributed by atoms with Gasteiger partial charge in [0.25, 0.3) is 5.91 Å². The molecule has 0 aliphatic carbocycles. The van der Waals surface area contributed by atoms with Crippen LogP contribution in [0.1, 0.15) is 33.5 Å². The number of nitrogens with zero attached hydrogens (tertiary/aromatic N) is 3. The summed E-state index contributed by atoms with van der Waals surface area (Å²) in [6.45, 7) is 2.09. The number of fused-ring (bicyclic) bond motifs is 1. The Morgan fingerprint density at radius 1 is 1.11 bits per heavy atom. The quantitative estimate of drug-likeness (QED) is 0.663. The zero-order valence-corrected chi connectivity index (χ0v) is 16.9. The van der Waals surface area contributed by atoms with Gasteiger partial charge in [-0.2, -0.15) is 5.10 Å². The lowest BCUT2D eigenvalue weighted by Crippen LogP contribution is -2.26. The Hall–Kier alpha value is -2.57. The Balaban J connectivity index is 0.00000140. The summed E-state index contributed by atoms with van der Waals surface area (Å²) in [5.41, 5.74) is 5.17. The predicted octanol–water partition coefficient (Wildman–Crippen LogP) is 3.46. The molecule has 148 valence electrons. The highest BCUT2D eigenvalue weighted by atomic mass is 35.5. The van der Waals surface area contributed by atoms with E-state index >= 15 is 0 Å². The van der Waals surface area contributed by atoms with Gasteiger partial charge in [0.1, 0.15) is 12.7 Å². The van der Waals surface area contributed by atoms with Crippen LogP contribution in [-0.2, 0) is 19.5 Å². The van der Waals surface area contributed by atoms with Gasteiger partial charge in [-0.25, -0.2) is 9.67 Å². The van der Waals surface area contributed by atoms with Crippen molar-refractivity contribution in [3.63, 3.8) is 0 Å². The molecule has 8 heteroatoms.